The van der Waals surface area contributed by atoms with Gasteiger partial charge in [-0.2, -0.15) is 0 Å². The third kappa shape index (κ3) is 3.70. The summed E-state index contributed by atoms with van der Waals surface area (Å²) in [4.78, 5) is 12.1. The Kier molecular flexibility index (Phi) is 4.47. The first-order chi connectivity index (χ1) is 8.95. The van der Waals surface area contributed by atoms with Gasteiger partial charge in [0, 0.05) is 19.8 Å². The van der Waals surface area contributed by atoms with Crippen LogP contribution in [0.15, 0.2) is 36.4 Å². The average Bonchev–Trinajstić information content (AvgIpc) is 2.32. The first-order valence-electron chi connectivity index (χ1n) is 5.80. The molecule has 1 amide bonds. The van der Waals surface area contributed by atoms with Gasteiger partial charge in [0.2, 0.25) is 0 Å². The van der Waals surface area contributed by atoms with Gasteiger partial charge in [-0.25, -0.2) is 0 Å². The summed E-state index contributed by atoms with van der Waals surface area (Å²) in [6.07, 6.45) is 0. The maximum Gasteiger partial charge on any atom is 0.255 e. The van der Waals surface area contributed by atoms with Gasteiger partial charge in [-0.3, -0.25) is 4.79 Å². The molecule has 2 aromatic rings. The summed E-state index contributed by atoms with van der Waals surface area (Å²) in [5, 5.41) is 3.45. The zero-order valence-corrected chi connectivity index (χ0v) is 13.5. The summed E-state index contributed by atoms with van der Waals surface area (Å²) >= 11 is 8.21. The summed E-state index contributed by atoms with van der Waals surface area (Å²) in [5.74, 6) is -0.148. The molecule has 0 atom stereocenters. The summed E-state index contributed by atoms with van der Waals surface area (Å²) < 4.78 is 1.12. The Balaban J connectivity index is 2.22. The second kappa shape index (κ2) is 5.92. The lowest BCUT2D eigenvalue weighted by Crippen LogP contribution is -2.12. The van der Waals surface area contributed by atoms with E-state index in [2.05, 4.69) is 27.9 Å². The lowest BCUT2D eigenvalue weighted by molar-refractivity contribution is 0.102. The van der Waals surface area contributed by atoms with Crippen molar-refractivity contribution in [3.05, 3.63) is 61.7 Å². The van der Waals surface area contributed by atoms with E-state index in [1.54, 1.807) is 6.07 Å². The van der Waals surface area contributed by atoms with Crippen molar-refractivity contribution in [2.45, 2.75) is 13.8 Å². The summed E-state index contributed by atoms with van der Waals surface area (Å²) in [6.45, 7) is 3.95. The van der Waals surface area contributed by atoms with Gasteiger partial charge < -0.3 is 5.32 Å². The van der Waals surface area contributed by atoms with Gasteiger partial charge in [0.05, 0.1) is 0 Å². The highest BCUT2D eigenvalue weighted by atomic mass is 127. The zero-order chi connectivity index (χ0) is 14.0. The Morgan fingerprint density at radius 3 is 2.53 bits per heavy atom. The SMILES string of the molecule is Cc1cc(Cl)cc(C(=O)Nc2ccc(C)c(I)c2)c1. The van der Waals surface area contributed by atoms with E-state index < -0.39 is 0 Å². The van der Waals surface area contributed by atoms with Gasteiger partial charge in [0.15, 0.2) is 0 Å². The van der Waals surface area contributed by atoms with Gasteiger partial charge >= 0.3 is 0 Å². The van der Waals surface area contributed by atoms with E-state index in [4.69, 9.17) is 11.6 Å². The van der Waals surface area contributed by atoms with Crippen LogP contribution in [0.25, 0.3) is 0 Å². The van der Waals surface area contributed by atoms with E-state index in [1.165, 1.54) is 5.56 Å². The second-order valence-corrected chi connectivity index (χ2v) is 6.03. The predicted octanol–water partition coefficient (Wildman–Crippen LogP) is 4.81. The fourth-order valence-electron chi connectivity index (χ4n) is 1.74. The number of halogens is 2. The van der Waals surface area contributed by atoms with Crippen molar-refractivity contribution in [1.82, 2.24) is 0 Å². The van der Waals surface area contributed by atoms with Crippen LogP contribution in [-0.2, 0) is 0 Å². The second-order valence-electron chi connectivity index (χ2n) is 4.44. The van der Waals surface area contributed by atoms with Gasteiger partial charge in [-0.15, -0.1) is 0 Å². The van der Waals surface area contributed by atoms with Crippen LogP contribution >= 0.6 is 34.2 Å². The molecule has 0 saturated carbocycles. The predicted molar refractivity (Wildman–Crippen MR) is 88.0 cm³/mol. The number of amides is 1. The van der Waals surface area contributed by atoms with Crippen molar-refractivity contribution in [3.8, 4) is 0 Å². The topological polar surface area (TPSA) is 29.1 Å². The van der Waals surface area contributed by atoms with Gasteiger partial charge in [0.25, 0.3) is 5.91 Å². The Morgan fingerprint density at radius 1 is 1.16 bits per heavy atom. The van der Waals surface area contributed by atoms with Gasteiger partial charge in [-0.1, -0.05) is 17.7 Å². The van der Waals surface area contributed by atoms with Crippen LogP contribution < -0.4 is 5.32 Å². The third-order valence-electron chi connectivity index (χ3n) is 2.73. The van der Waals surface area contributed by atoms with E-state index in [1.807, 2.05) is 44.2 Å². The van der Waals surface area contributed by atoms with Crippen LogP contribution in [-0.4, -0.2) is 5.91 Å². The number of hydrogen-bond acceptors (Lipinski definition) is 1. The number of rotatable bonds is 2. The minimum Gasteiger partial charge on any atom is -0.322 e. The molecule has 0 fully saturated rings. The van der Waals surface area contributed by atoms with Crippen LogP contribution in [0.2, 0.25) is 5.02 Å². The van der Waals surface area contributed by atoms with Crippen LogP contribution in [0.5, 0.6) is 0 Å². The highest BCUT2D eigenvalue weighted by Crippen LogP contribution is 2.19. The standard InChI is InChI=1S/C15H13ClINO/c1-9-5-11(7-12(16)6-9)15(19)18-13-4-3-10(2)14(17)8-13/h3-8H,1-2H3,(H,18,19). The van der Waals surface area contributed by atoms with Gasteiger partial charge in [0.1, 0.15) is 0 Å². The molecule has 0 bridgehead atoms. The third-order valence-corrected chi connectivity index (χ3v) is 4.11. The van der Waals surface area contributed by atoms with Crippen molar-refractivity contribution >= 4 is 45.8 Å². The van der Waals surface area contributed by atoms with Crippen molar-refractivity contribution < 1.29 is 4.79 Å². The molecule has 2 aromatic carbocycles. The Morgan fingerprint density at radius 2 is 1.89 bits per heavy atom. The quantitative estimate of drug-likeness (QED) is 0.738. The van der Waals surface area contributed by atoms with Crippen LogP contribution in [0.1, 0.15) is 21.5 Å². The van der Waals surface area contributed by atoms with Gasteiger partial charge in [-0.05, 0) is 77.9 Å². The average molecular weight is 386 g/mol. The molecule has 19 heavy (non-hydrogen) atoms. The molecule has 0 spiro atoms. The molecule has 2 nitrogen and oxygen atoms in total. The number of carbonyl (C=O) groups excluding carboxylic acids is 1. The lowest BCUT2D eigenvalue weighted by Gasteiger charge is -2.08. The highest BCUT2D eigenvalue weighted by Gasteiger charge is 2.08. The molecule has 98 valence electrons. The molecule has 0 saturated heterocycles. The number of hydrogen-bond donors (Lipinski definition) is 1. The van der Waals surface area contributed by atoms with Crippen molar-refractivity contribution in [2.75, 3.05) is 5.32 Å². The zero-order valence-electron chi connectivity index (χ0n) is 10.6. The number of benzene rings is 2. The Hall–Kier alpha value is -1.07. The minimum atomic E-state index is -0.148. The van der Waals surface area contributed by atoms with Crippen LogP contribution in [0, 0.1) is 17.4 Å². The van der Waals surface area contributed by atoms with Crippen LogP contribution in [0.3, 0.4) is 0 Å². The maximum atomic E-state index is 12.1. The molecule has 0 aliphatic heterocycles. The number of carbonyl (C=O) groups is 1. The molecule has 0 aromatic heterocycles. The van der Waals surface area contributed by atoms with Crippen LogP contribution in [0.4, 0.5) is 5.69 Å². The van der Waals surface area contributed by atoms with E-state index in [0.29, 0.717) is 10.6 Å². The molecular weight excluding hydrogens is 373 g/mol. The maximum absolute atomic E-state index is 12.1. The Bertz CT molecular complexity index is 620. The summed E-state index contributed by atoms with van der Waals surface area (Å²) in [7, 11) is 0. The van der Waals surface area contributed by atoms with E-state index in [-0.39, 0.29) is 5.91 Å². The molecule has 2 rings (SSSR count). The lowest BCUT2D eigenvalue weighted by atomic mass is 10.1. The monoisotopic (exact) mass is 385 g/mol. The molecule has 0 aliphatic carbocycles. The molecule has 0 aliphatic rings. The molecule has 4 heteroatoms. The molecular formula is C15H13ClINO. The highest BCUT2D eigenvalue weighted by molar-refractivity contribution is 14.1. The number of aryl methyl sites for hydroxylation is 2. The number of nitrogens with one attached hydrogen (secondary N) is 1. The molecule has 0 unspecified atom stereocenters. The van der Waals surface area contributed by atoms with Crippen molar-refractivity contribution in [3.63, 3.8) is 0 Å². The molecule has 0 heterocycles. The molecule has 1 N–H and O–H groups in total. The number of anilines is 1. The fourth-order valence-corrected chi connectivity index (χ4v) is 2.55. The fraction of sp³-hybridized carbons (Fsp3) is 0.133. The summed E-state index contributed by atoms with van der Waals surface area (Å²) in [6, 6.07) is 11.1. The van der Waals surface area contributed by atoms with E-state index >= 15 is 0 Å². The normalized spacial score (nSPS) is 10.3. The van der Waals surface area contributed by atoms with E-state index in [0.717, 1.165) is 14.8 Å². The van der Waals surface area contributed by atoms with Crippen molar-refractivity contribution in [2.24, 2.45) is 0 Å². The first kappa shape index (κ1) is 14.3. The van der Waals surface area contributed by atoms with E-state index in [9.17, 15) is 4.79 Å². The first-order valence-corrected chi connectivity index (χ1v) is 7.26. The Labute approximate surface area is 131 Å². The molecule has 0 radical (unpaired) electrons. The largest absolute Gasteiger partial charge is 0.322 e. The summed E-state index contributed by atoms with van der Waals surface area (Å²) in [5.41, 5.74) is 3.52. The minimum absolute atomic E-state index is 0.148. The van der Waals surface area contributed by atoms with Crippen molar-refractivity contribution in [1.29, 1.82) is 0 Å². The smallest absolute Gasteiger partial charge is 0.255 e.